The van der Waals surface area contributed by atoms with Crippen LogP contribution >= 0.6 is 0 Å². The Hall–Kier alpha value is -1.82. The van der Waals surface area contributed by atoms with Crippen LogP contribution in [0.3, 0.4) is 0 Å². The number of pyridine rings is 1. The minimum atomic E-state index is -0.230. The Morgan fingerprint density at radius 1 is 1.39 bits per heavy atom. The monoisotopic (exact) mass is 253 g/mol. The van der Waals surface area contributed by atoms with Crippen molar-refractivity contribution in [1.82, 2.24) is 10.3 Å². The van der Waals surface area contributed by atoms with Crippen molar-refractivity contribution in [2.75, 3.05) is 32.2 Å². The highest BCUT2D eigenvalue weighted by atomic mass is 16.5. The topological polar surface area (TPSA) is 72.5 Å². The maximum Gasteiger partial charge on any atom is 0.319 e. The number of carbonyl (C=O) groups is 1. The molecule has 0 saturated carbocycles. The Labute approximate surface area is 107 Å². The lowest BCUT2D eigenvalue weighted by Crippen LogP contribution is -2.29. The van der Waals surface area contributed by atoms with Gasteiger partial charge >= 0.3 is 6.03 Å². The van der Waals surface area contributed by atoms with Gasteiger partial charge in [0.2, 0.25) is 5.88 Å². The van der Waals surface area contributed by atoms with E-state index in [0.29, 0.717) is 31.3 Å². The standard InChI is InChI=1S/C12H19N3O3/c1-3-6-13-12(16)15-10-4-5-11(14-9-10)18-8-7-17-2/h4-5,9H,3,6-8H2,1-2H3,(H2,13,15,16). The molecule has 0 unspecified atom stereocenters. The zero-order valence-electron chi connectivity index (χ0n) is 10.7. The van der Waals surface area contributed by atoms with Crippen molar-refractivity contribution in [2.45, 2.75) is 13.3 Å². The Kier molecular flexibility index (Phi) is 6.56. The van der Waals surface area contributed by atoms with Crippen molar-refractivity contribution < 1.29 is 14.3 Å². The molecule has 0 atom stereocenters. The predicted molar refractivity (Wildman–Crippen MR) is 68.9 cm³/mol. The van der Waals surface area contributed by atoms with E-state index >= 15 is 0 Å². The van der Waals surface area contributed by atoms with E-state index in [1.807, 2.05) is 6.92 Å². The number of rotatable bonds is 7. The molecule has 100 valence electrons. The van der Waals surface area contributed by atoms with E-state index in [9.17, 15) is 4.79 Å². The van der Waals surface area contributed by atoms with Crippen LogP contribution in [-0.4, -0.2) is 37.9 Å². The van der Waals surface area contributed by atoms with Crippen molar-refractivity contribution in [1.29, 1.82) is 0 Å². The average Bonchev–Trinajstić information content (AvgIpc) is 2.39. The Morgan fingerprint density at radius 3 is 2.83 bits per heavy atom. The van der Waals surface area contributed by atoms with Crippen LogP contribution in [0.5, 0.6) is 5.88 Å². The Morgan fingerprint density at radius 2 is 2.22 bits per heavy atom. The third-order valence-electron chi connectivity index (χ3n) is 2.07. The average molecular weight is 253 g/mol. The maximum absolute atomic E-state index is 11.4. The summed E-state index contributed by atoms with van der Waals surface area (Å²) in [5.41, 5.74) is 0.627. The van der Waals surface area contributed by atoms with E-state index in [1.165, 1.54) is 0 Å². The van der Waals surface area contributed by atoms with Gasteiger partial charge in [0.1, 0.15) is 6.61 Å². The number of aromatic nitrogens is 1. The molecule has 2 amide bonds. The van der Waals surface area contributed by atoms with Crippen molar-refractivity contribution in [3.8, 4) is 5.88 Å². The molecule has 0 spiro atoms. The number of carbonyl (C=O) groups excluding carboxylic acids is 1. The van der Waals surface area contributed by atoms with Gasteiger partial charge in [0.05, 0.1) is 18.5 Å². The molecule has 0 aromatic carbocycles. The van der Waals surface area contributed by atoms with Crippen molar-refractivity contribution in [2.24, 2.45) is 0 Å². The summed E-state index contributed by atoms with van der Waals surface area (Å²) >= 11 is 0. The first kappa shape index (κ1) is 14.2. The first-order valence-corrected chi connectivity index (χ1v) is 5.89. The molecule has 1 aromatic heterocycles. The Bertz CT molecular complexity index is 354. The lowest BCUT2D eigenvalue weighted by atomic mass is 10.4. The lowest BCUT2D eigenvalue weighted by molar-refractivity contribution is 0.144. The number of amides is 2. The fourth-order valence-corrected chi connectivity index (χ4v) is 1.18. The minimum absolute atomic E-state index is 0.230. The molecule has 6 heteroatoms. The van der Waals surface area contributed by atoms with Crippen LogP contribution in [0.25, 0.3) is 0 Å². The van der Waals surface area contributed by atoms with E-state index in [2.05, 4.69) is 15.6 Å². The molecule has 0 saturated heterocycles. The zero-order valence-corrected chi connectivity index (χ0v) is 10.7. The maximum atomic E-state index is 11.4. The van der Waals surface area contributed by atoms with Gasteiger partial charge < -0.3 is 20.1 Å². The molecule has 0 aliphatic carbocycles. The smallest absolute Gasteiger partial charge is 0.319 e. The number of nitrogens with zero attached hydrogens (tertiary/aromatic N) is 1. The highest BCUT2D eigenvalue weighted by molar-refractivity contribution is 5.88. The zero-order chi connectivity index (χ0) is 13.2. The van der Waals surface area contributed by atoms with Gasteiger partial charge in [-0.05, 0) is 12.5 Å². The van der Waals surface area contributed by atoms with Gasteiger partial charge in [-0.1, -0.05) is 6.92 Å². The van der Waals surface area contributed by atoms with Gasteiger partial charge in [0, 0.05) is 19.7 Å². The van der Waals surface area contributed by atoms with Gasteiger partial charge in [-0.3, -0.25) is 0 Å². The second-order valence-corrected chi connectivity index (χ2v) is 3.61. The minimum Gasteiger partial charge on any atom is -0.475 e. The molecule has 6 nitrogen and oxygen atoms in total. The molecule has 1 rings (SSSR count). The number of hydrogen-bond donors (Lipinski definition) is 2. The van der Waals surface area contributed by atoms with E-state index < -0.39 is 0 Å². The third-order valence-corrected chi connectivity index (χ3v) is 2.07. The van der Waals surface area contributed by atoms with Gasteiger partial charge in [0.15, 0.2) is 0 Å². The quantitative estimate of drug-likeness (QED) is 0.724. The molecule has 1 aromatic rings. The molecule has 0 radical (unpaired) electrons. The van der Waals surface area contributed by atoms with Crippen molar-refractivity contribution >= 4 is 11.7 Å². The fourth-order valence-electron chi connectivity index (χ4n) is 1.18. The highest BCUT2D eigenvalue weighted by Gasteiger charge is 2.01. The van der Waals surface area contributed by atoms with Crippen LogP contribution in [0.4, 0.5) is 10.5 Å². The molecule has 18 heavy (non-hydrogen) atoms. The molecule has 0 bridgehead atoms. The van der Waals surface area contributed by atoms with Crippen LogP contribution in [0.1, 0.15) is 13.3 Å². The normalized spacial score (nSPS) is 9.89. The highest BCUT2D eigenvalue weighted by Crippen LogP contribution is 2.11. The van der Waals surface area contributed by atoms with Gasteiger partial charge in [-0.15, -0.1) is 0 Å². The summed E-state index contributed by atoms with van der Waals surface area (Å²) in [5.74, 6) is 0.506. The largest absolute Gasteiger partial charge is 0.475 e. The SMILES string of the molecule is CCCNC(=O)Nc1ccc(OCCOC)nc1. The second kappa shape index (κ2) is 8.30. The van der Waals surface area contributed by atoms with E-state index in [1.54, 1.807) is 25.4 Å². The summed E-state index contributed by atoms with van der Waals surface area (Å²) < 4.78 is 10.2. The molecule has 0 aliphatic heterocycles. The predicted octanol–water partition coefficient (Wildman–Crippen LogP) is 1.64. The molecular formula is C12H19N3O3. The summed E-state index contributed by atoms with van der Waals surface area (Å²) in [6.07, 6.45) is 2.45. The molecule has 0 fully saturated rings. The number of urea groups is 1. The lowest BCUT2D eigenvalue weighted by Gasteiger charge is -2.07. The van der Waals surface area contributed by atoms with Gasteiger partial charge in [-0.25, -0.2) is 9.78 Å². The summed E-state index contributed by atoms with van der Waals surface area (Å²) in [5, 5.41) is 5.39. The van der Waals surface area contributed by atoms with Crippen molar-refractivity contribution in [3.05, 3.63) is 18.3 Å². The first-order valence-electron chi connectivity index (χ1n) is 5.89. The van der Waals surface area contributed by atoms with E-state index in [4.69, 9.17) is 9.47 Å². The number of hydrogen-bond acceptors (Lipinski definition) is 4. The molecule has 2 N–H and O–H groups in total. The van der Waals surface area contributed by atoms with E-state index in [0.717, 1.165) is 6.42 Å². The van der Waals surface area contributed by atoms with E-state index in [-0.39, 0.29) is 6.03 Å². The summed E-state index contributed by atoms with van der Waals surface area (Å²) in [7, 11) is 1.61. The molecular weight excluding hydrogens is 234 g/mol. The molecule has 1 heterocycles. The molecule has 0 aliphatic rings. The first-order chi connectivity index (χ1) is 8.76. The summed E-state index contributed by atoms with van der Waals surface area (Å²) in [4.78, 5) is 15.4. The summed E-state index contributed by atoms with van der Waals surface area (Å²) in [6.45, 7) is 3.61. The second-order valence-electron chi connectivity index (χ2n) is 3.61. The van der Waals surface area contributed by atoms with Gasteiger partial charge in [-0.2, -0.15) is 0 Å². The third kappa shape index (κ3) is 5.49. The van der Waals surface area contributed by atoms with Crippen LogP contribution in [0, 0.1) is 0 Å². The fraction of sp³-hybridized carbons (Fsp3) is 0.500. The summed E-state index contributed by atoms with van der Waals surface area (Å²) in [6, 6.07) is 3.21. The van der Waals surface area contributed by atoms with Crippen LogP contribution < -0.4 is 15.4 Å². The number of methoxy groups -OCH3 is 1. The number of ether oxygens (including phenoxy) is 2. The van der Waals surface area contributed by atoms with Crippen LogP contribution in [0.2, 0.25) is 0 Å². The Balaban J connectivity index is 2.37. The van der Waals surface area contributed by atoms with Crippen LogP contribution in [-0.2, 0) is 4.74 Å². The number of anilines is 1. The number of nitrogens with one attached hydrogen (secondary N) is 2. The van der Waals surface area contributed by atoms with Gasteiger partial charge in [0.25, 0.3) is 0 Å². The van der Waals surface area contributed by atoms with Crippen molar-refractivity contribution in [3.63, 3.8) is 0 Å². The van der Waals surface area contributed by atoms with Crippen LogP contribution in [0.15, 0.2) is 18.3 Å².